The molecule has 6 rings (SSSR count). The number of allylic oxidation sites excluding steroid dienone is 8. The molecule has 4 aromatic carbocycles. The number of hydrogen-bond acceptors (Lipinski definition) is 17. The largest absolute Gasteiger partial charge is 1.00 e. The Morgan fingerprint density at radius 1 is 0.744 bits per heavy atom. The van der Waals surface area contributed by atoms with Crippen molar-refractivity contribution >= 4 is 96.5 Å². The second-order valence-electron chi connectivity index (χ2n) is 18.4. The minimum Gasteiger partial charge on any atom is -0.744 e. The number of carbonyl (C=O) groups excluding carboxylic acids is 5. The summed E-state index contributed by atoms with van der Waals surface area (Å²) in [4.78, 5) is 77.8. The van der Waals surface area contributed by atoms with Gasteiger partial charge in [0.15, 0.2) is 5.71 Å². The van der Waals surface area contributed by atoms with Crippen molar-refractivity contribution in [2.75, 3.05) is 25.1 Å². The van der Waals surface area contributed by atoms with E-state index in [9.17, 15) is 57.1 Å². The van der Waals surface area contributed by atoms with E-state index in [0.717, 1.165) is 61.6 Å². The van der Waals surface area contributed by atoms with Gasteiger partial charge >= 0.3 is 212 Å². The first-order chi connectivity index (χ1) is 34.9. The molecule has 0 saturated carbocycles. The monoisotopic (exact) mass is 1210 g/mol. The van der Waals surface area contributed by atoms with Crippen molar-refractivity contribution in [2.45, 2.75) is 98.9 Å². The van der Waals surface area contributed by atoms with Gasteiger partial charge in [0.1, 0.15) is 16.7 Å². The van der Waals surface area contributed by atoms with E-state index in [1.54, 1.807) is 18.2 Å². The van der Waals surface area contributed by atoms with Crippen LogP contribution in [0, 0.1) is 0 Å². The van der Waals surface area contributed by atoms with E-state index in [0.29, 0.717) is 17.3 Å². The Morgan fingerprint density at radius 3 is 1.94 bits per heavy atom. The molecule has 0 fully saturated rings. The number of rotatable bonds is 25. The van der Waals surface area contributed by atoms with Crippen molar-refractivity contribution < 1.29 is 287 Å². The van der Waals surface area contributed by atoms with Crippen LogP contribution in [0.1, 0.15) is 77.3 Å². The number of aliphatic carboxylic acids is 4. The molecule has 3 N–H and O–H groups in total. The molecular formula is C52H53K4N4O16S2+. The van der Waals surface area contributed by atoms with E-state index in [2.05, 4.69) is 39.3 Å². The molecule has 0 aliphatic carbocycles. The molecule has 26 heteroatoms. The quantitative estimate of drug-likeness (QED) is 0.00811. The molecular weight excluding hydrogens is 1160 g/mol. The van der Waals surface area contributed by atoms with Gasteiger partial charge < -0.3 is 54.9 Å². The number of carboxylic acids is 4. The first-order valence-electron chi connectivity index (χ1n) is 23.2. The third-order valence-electron chi connectivity index (χ3n) is 12.7. The number of carbonyl (C=O) groups is 6. The molecule has 0 saturated heterocycles. The molecule has 2 amide bonds. The molecule has 2 aliphatic rings. The smallest absolute Gasteiger partial charge is 0.744 e. The molecule has 4 aromatic rings. The number of benzene rings is 4. The van der Waals surface area contributed by atoms with Crippen LogP contribution in [0.4, 0.5) is 11.4 Å². The first-order valence-corrected chi connectivity index (χ1v) is 25.3. The van der Waals surface area contributed by atoms with Crippen LogP contribution in [0.5, 0.6) is 0 Å². The number of hydrogen-bond donors (Lipinski definition) is 3. The van der Waals surface area contributed by atoms with Gasteiger partial charge in [0.25, 0.3) is 0 Å². The molecule has 2 heterocycles. The molecule has 2 aliphatic heterocycles. The van der Waals surface area contributed by atoms with E-state index < -0.39 is 81.6 Å². The molecule has 0 radical (unpaired) electrons. The van der Waals surface area contributed by atoms with Crippen LogP contribution in [-0.4, -0.2) is 96.3 Å². The zero-order chi connectivity index (χ0) is 54.1. The maximum absolute atomic E-state index is 12.8. The summed E-state index contributed by atoms with van der Waals surface area (Å²) < 4.78 is 42.7. The summed E-state index contributed by atoms with van der Waals surface area (Å²) in [7, 11) is -3.42. The third-order valence-corrected chi connectivity index (χ3v) is 14.1. The van der Waals surface area contributed by atoms with E-state index in [4.69, 9.17) is 9.44 Å². The summed E-state index contributed by atoms with van der Waals surface area (Å²) in [5.41, 5.74) is 3.88. The molecule has 78 heavy (non-hydrogen) atoms. The molecule has 0 bridgehead atoms. The number of anilines is 1. The number of carboxylic acid groups (broad SMARTS) is 4. The maximum Gasteiger partial charge on any atom is 1.00 e. The van der Waals surface area contributed by atoms with Gasteiger partial charge in [-0.15, -0.1) is 4.33 Å². The van der Waals surface area contributed by atoms with Crippen LogP contribution in [-0.2, 0) is 64.0 Å². The van der Waals surface area contributed by atoms with E-state index in [1.165, 1.54) is 19.2 Å². The first kappa shape index (κ1) is 73.4. The molecule has 0 spiro atoms. The van der Waals surface area contributed by atoms with Crippen molar-refractivity contribution in [3.8, 4) is 0 Å². The van der Waals surface area contributed by atoms with Gasteiger partial charge in [-0.2, -0.15) is 4.58 Å². The summed E-state index contributed by atoms with van der Waals surface area (Å²) >= 11 is 0.974. The number of fused-ring (bicyclic) bond motifs is 6. The van der Waals surface area contributed by atoms with Gasteiger partial charge in [0.2, 0.25) is 17.5 Å². The minimum atomic E-state index is -4.74. The fraction of sp³-hybridized carbons (Fsp3) is 0.327. The zero-order valence-electron chi connectivity index (χ0n) is 44.9. The summed E-state index contributed by atoms with van der Waals surface area (Å²) in [6, 6.07) is 14.0. The van der Waals surface area contributed by atoms with Crippen molar-refractivity contribution in [1.29, 1.82) is 0 Å². The second kappa shape index (κ2) is 33.1. The van der Waals surface area contributed by atoms with E-state index in [1.807, 2.05) is 91.3 Å². The summed E-state index contributed by atoms with van der Waals surface area (Å²) in [6.07, 6.45) is 11.5. The van der Waals surface area contributed by atoms with Crippen molar-refractivity contribution in [3.05, 3.63) is 120 Å². The summed E-state index contributed by atoms with van der Waals surface area (Å²) in [6.45, 7) is 8.72. The fourth-order valence-corrected chi connectivity index (χ4v) is 10.4. The zero-order valence-corrected chi connectivity index (χ0v) is 59.0. The van der Waals surface area contributed by atoms with Crippen LogP contribution in [0.25, 0.3) is 21.5 Å². The van der Waals surface area contributed by atoms with Gasteiger partial charge in [-0.1, -0.05) is 67.5 Å². The molecule has 2 unspecified atom stereocenters. The Labute approximate surface area is 626 Å². The Morgan fingerprint density at radius 2 is 1.32 bits per heavy atom. The normalized spacial score (nSPS) is 15.5. The Bertz CT molecular complexity index is 3180. The van der Waals surface area contributed by atoms with Crippen LogP contribution >= 0.6 is 12.0 Å². The van der Waals surface area contributed by atoms with Crippen LogP contribution in [0.15, 0.2) is 119 Å². The standard InChI is InChI=1S/C52H56N4O16S2.4K/c1-51(2)41(55(25-11-15-43(57)53-37(49(63)64)29-45(59)60)39-23-17-31-27-33(73-72-71-70-5)19-21-35(31)47(39)51)13-9-7-6-8-10-14-42-52(3,4)48-36-22-20-34(74(67,68)69)28-32(36)18-24-40(48)56(42)26-12-16-44(58)54-38(50(65)66)30-46(61)62;;;;/h6-10,13-14,17-24,27-28,37-38H,11-12,15-16,25-26,29-30H2,1-5H3,(H6-,53,54,57,58,59,60,61,62,63,64,65,66,67,68,69);;;;/q;4*+1/p-3. The number of amides is 2. The Balaban J connectivity index is 0.00000520. The topological polar surface area (TPSA) is 307 Å². The summed E-state index contributed by atoms with van der Waals surface area (Å²) in [5.74, 6) is -7.87. The Hall–Kier alpha value is -0.665. The summed E-state index contributed by atoms with van der Waals surface area (Å²) in [5, 5.41) is 55.2. The van der Waals surface area contributed by atoms with Crippen molar-refractivity contribution in [3.63, 3.8) is 0 Å². The van der Waals surface area contributed by atoms with E-state index >= 15 is 0 Å². The maximum atomic E-state index is 12.8. The average molecular weight is 1210 g/mol. The van der Waals surface area contributed by atoms with Crippen LogP contribution in [0.3, 0.4) is 0 Å². The third kappa shape index (κ3) is 18.9. The van der Waals surface area contributed by atoms with Crippen LogP contribution < -0.4 is 236 Å². The molecule has 0 aromatic heterocycles. The predicted octanol–water partition coefficient (Wildman–Crippen LogP) is -9.20. The fourth-order valence-electron chi connectivity index (χ4n) is 9.46. The van der Waals surface area contributed by atoms with Gasteiger partial charge in [-0.05, 0) is 89.9 Å². The van der Waals surface area contributed by atoms with E-state index in [-0.39, 0.29) is 243 Å². The average Bonchev–Trinajstić information content (AvgIpc) is 3.67. The van der Waals surface area contributed by atoms with Gasteiger partial charge in [-0.25, -0.2) is 13.3 Å². The SMILES string of the molecule is COOOSc1ccc2c3c(ccc2c1)N(CCCC(=O)NC(CC(=O)O)C(=O)[O-])/C(=C/C=C/C=C/C=C/C1=[N+](CCCC(=O)NC(CC(=O)[O-])C(=O)[O-])c2ccc4cc(S(=O)(=O)[O-])ccc4c2C1(C)C)C3(C)C.[K+].[K+].[K+].[K+]. The van der Waals surface area contributed by atoms with Crippen molar-refractivity contribution in [1.82, 2.24) is 10.6 Å². The number of nitrogens with zero attached hydrogens (tertiary/aromatic N) is 2. The van der Waals surface area contributed by atoms with Gasteiger partial charge in [0.05, 0.1) is 59.9 Å². The molecule has 20 nitrogen and oxygen atoms in total. The number of nitrogens with one attached hydrogen (secondary N) is 2. The predicted molar refractivity (Wildman–Crippen MR) is 264 cm³/mol. The van der Waals surface area contributed by atoms with Crippen molar-refractivity contribution in [2.24, 2.45) is 0 Å². The van der Waals surface area contributed by atoms with Gasteiger partial charge in [0, 0.05) is 77.6 Å². The van der Waals surface area contributed by atoms with Crippen LogP contribution in [0.2, 0.25) is 0 Å². The minimum absolute atomic E-state index is 0. The van der Waals surface area contributed by atoms with Gasteiger partial charge in [-0.3, -0.25) is 14.4 Å². The molecule has 392 valence electrons. The second-order valence-corrected chi connectivity index (χ2v) is 20.6. The molecule has 2 atom stereocenters. The Kier molecular flexibility index (Phi) is 31.2.